The van der Waals surface area contributed by atoms with Crippen LogP contribution in [0.5, 0.6) is 0 Å². The van der Waals surface area contributed by atoms with Gasteiger partial charge >= 0.3 is 0 Å². The minimum atomic E-state index is -0.205. The summed E-state index contributed by atoms with van der Waals surface area (Å²) in [7, 11) is -0.320. The summed E-state index contributed by atoms with van der Waals surface area (Å²) in [4.78, 5) is 1.80. The molecule has 0 atom stereocenters. The monoisotopic (exact) mass is 174 g/mol. The highest BCUT2D eigenvalue weighted by molar-refractivity contribution is 7.62. The molecule has 0 fully saturated rings. The molecule has 60 valence electrons. The van der Waals surface area contributed by atoms with Gasteiger partial charge in [-0.05, 0) is 34.1 Å². The maximum absolute atomic E-state index is 2.41. The third kappa shape index (κ3) is 2.98. The molecule has 0 N–H and O–H groups in total. The second-order valence-electron chi connectivity index (χ2n) is 3.25. The molecule has 10 heavy (non-hydrogen) atoms. The molecule has 0 aromatic carbocycles. The first-order valence-corrected chi connectivity index (χ1v) is 8.25. The van der Waals surface area contributed by atoms with Gasteiger partial charge in [0, 0.05) is 8.41 Å². The van der Waals surface area contributed by atoms with E-state index in [0.29, 0.717) is 0 Å². The summed E-state index contributed by atoms with van der Waals surface area (Å²) in [6, 6.07) is 0. The number of rotatable bonds is 1. The molecule has 0 radical (unpaired) electrons. The van der Waals surface area contributed by atoms with Crippen LogP contribution in [0, 0.1) is 0 Å². The number of hydrogen-bond acceptors (Lipinski definition) is 0. The molecule has 0 rings (SSSR count). The predicted octanol–water partition coefficient (Wildman–Crippen LogP) is 2.11. The molecule has 0 saturated carbocycles. The fraction of sp³-hybridized carbons (Fsp3) is 0.750. The van der Waals surface area contributed by atoms with Crippen LogP contribution in [0.25, 0.3) is 0 Å². The SMILES string of the molecule is CC(C)=[Si](C)C(C)=[PH](C)C. The Balaban J connectivity index is 4.71. The van der Waals surface area contributed by atoms with Gasteiger partial charge in [0.2, 0.25) is 0 Å². The van der Waals surface area contributed by atoms with Crippen LogP contribution in [0.15, 0.2) is 0 Å². The van der Waals surface area contributed by atoms with E-state index in [9.17, 15) is 0 Å². The molecule has 2 heteroatoms. The molecule has 0 heterocycles. The fourth-order valence-corrected chi connectivity index (χ4v) is 5.25. The second-order valence-corrected chi connectivity index (χ2v) is 9.50. The molecule has 0 aliphatic heterocycles. The molecule has 0 bridgehead atoms. The van der Waals surface area contributed by atoms with Gasteiger partial charge in [-0.15, -0.1) is 7.55 Å². The van der Waals surface area contributed by atoms with Crippen molar-refractivity contribution < 1.29 is 0 Å². The summed E-state index contributed by atoms with van der Waals surface area (Å²) >= 11 is 0. The van der Waals surface area contributed by atoms with Crippen molar-refractivity contribution in [3.8, 4) is 0 Å². The molecule has 0 saturated heterocycles. The lowest BCUT2D eigenvalue weighted by atomic mass is 10.6. The molecule has 0 nitrogen and oxygen atoms in total. The highest BCUT2D eigenvalue weighted by Gasteiger charge is 1.96. The summed E-state index contributed by atoms with van der Waals surface area (Å²) in [5.41, 5.74) is 0. The first-order chi connectivity index (χ1) is 4.46. The van der Waals surface area contributed by atoms with E-state index in [4.69, 9.17) is 0 Å². The van der Waals surface area contributed by atoms with Crippen LogP contribution < -0.4 is 0 Å². The van der Waals surface area contributed by atoms with Crippen LogP contribution in [0.2, 0.25) is 6.55 Å². The standard InChI is InChI=1S/C8H19PSi/c1-7(2)10(6)8(3)9(4)5/h9H,1-6H3. The van der Waals surface area contributed by atoms with Gasteiger partial charge in [-0.25, -0.2) is 0 Å². The largest absolute Gasteiger partial charge is 0.125 e. The van der Waals surface area contributed by atoms with Gasteiger partial charge in [0.25, 0.3) is 0 Å². The summed E-state index contributed by atoms with van der Waals surface area (Å²) in [5.74, 6) is 0. The van der Waals surface area contributed by atoms with E-state index in [1.54, 1.807) is 10.1 Å². The number of hydrogen-bond donors (Lipinski definition) is 0. The van der Waals surface area contributed by atoms with Gasteiger partial charge in [0.1, 0.15) is 0 Å². The Hall–Kier alpha value is 0.387. The van der Waals surface area contributed by atoms with E-state index >= 15 is 0 Å². The van der Waals surface area contributed by atoms with E-state index in [0.717, 1.165) is 0 Å². The van der Waals surface area contributed by atoms with Crippen LogP contribution in [0.4, 0.5) is 0 Å². The van der Waals surface area contributed by atoms with E-state index in [2.05, 4.69) is 40.6 Å². The molecule has 0 aliphatic carbocycles. The van der Waals surface area contributed by atoms with Crippen molar-refractivity contribution in [2.75, 3.05) is 13.3 Å². The molecule has 0 aromatic heterocycles. The Labute approximate surface area is 67.3 Å². The molecule has 0 aromatic rings. The van der Waals surface area contributed by atoms with Crippen molar-refractivity contribution in [3.63, 3.8) is 0 Å². The Morgan fingerprint density at radius 2 is 1.50 bits per heavy atom. The van der Waals surface area contributed by atoms with Crippen molar-refractivity contribution in [2.45, 2.75) is 27.3 Å². The maximum atomic E-state index is 2.41. The predicted molar refractivity (Wildman–Crippen MR) is 58.8 cm³/mol. The molecular weight excluding hydrogens is 155 g/mol. The van der Waals surface area contributed by atoms with Crippen molar-refractivity contribution >= 4 is 26.0 Å². The van der Waals surface area contributed by atoms with Crippen LogP contribution in [-0.4, -0.2) is 31.8 Å². The van der Waals surface area contributed by atoms with Crippen LogP contribution in [0.3, 0.4) is 0 Å². The van der Waals surface area contributed by atoms with Gasteiger partial charge in [-0.2, -0.15) is 0 Å². The Morgan fingerprint density at radius 3 is 1.60 bits per heavy atom. The molecule has 0 amide bonds. The molecule has 0 unspecified atom stereocenters. The maximum Gasteiger partial charge on any atom is 0.0353 e. The summed E-state index contributed by atoms with van der Waals surface area (Å²) < 4.78 is 0. The lowest BCUT2D eigenvalue weighted by molar-refractivity contribution is 1.83. The van der Waals surface area contributed by atoms with Gasteiger partial charge in [-0.3, -0.25) is 0 Å². The third-order valence-electron chi connectivity index (χ3n) is 2.06. The zero-order valence-corrected chi connectivity index (χ0v) is 10.0. The normalized spacial score (nSPS) is 9.90. The summed E-state index contributed by atoms with van der Waals surface area (Å²) in [5, 5.41) is 1.65. The van der Waals surface area contributed by atoms with Crippen molar-refractivity contribution in [1.82, 2.24) is 0 Å². The highest BCUT2D eigenvalue weighted by atomic mass is 31.1. The van der Waals surface area contributed by atoms with E-state index in [-0.39, 0.29) is 16.0 Å². The molecule has 0 spiro atoms. The topological polar surface area (TPSA) is 0 Å². The van der Waals surface area contributed by atoms with Crippen LogP contribution >= 0.6 is 7.55 Å². The van der Waals surface area contributed by atoms with Crippen LogP contribution in [-0.2, 0) is 0 Å². The second kappa shape index (κ2) is 4.30. The lowest BCUT2D eigenvalue weighted by Crippen LogP contribution is -2.15. The van der Waals surface area contributed by atoms with Crippen molar-refractivity contribution in [3.05, 3.63) is 0 Å². The summed E-state index contributed by atoms with van der Waals surface area (Å²) in [6.07, 6.45) is 0. The first-order valence-electron chi connectivity index (χ1n) is 3.75. The van der Waals surface area contributed by atoms with E-state index in [1.165, 1.54) is 0 Å². The van der Waals surface area contributed by atoms with E-state index < -0.39 is 0 Å². The zero-order valence-electron chi connectivity index (χ0n) is 8.00. The molecule has 0 aliphatic rings. The fourth-order valence-electron chi connectivity index (χ4n) is 0.750. The molecular formula is C8H19PSi. The van der Waals surface area contributed by atoms with Crippen LogP contribution in [0.1, 0.15) is 20.8 Å². The highest BCUT2D eigenvalue weighted by Crippen LogP contribution is 2.12. The third-order valence-corrected chi connectivity index (χ3v) is 8.81. The Kier molecular flexibility index (Phi) is 4.47. The smallest absolute Gasteiger partial charge is 0.0353 e. The summed E-state index contributed by atoms with van der Waals surface area (Å²) in [6.45, 7) is 14.1. The quantitative estimate of drug-likeness (QED) is 0.422. The Morgan fingerprint density at radius 1 is 1.10 bits per heavy atom. The first kappa shape index (κ1) is 10.4. The van der Waals surface area contributed by atoms with Gasteiger partial charge in [-0.1, -0.05) is 16.6 Å². The minimum absolute atomic E-state index is 0.115. The Bertz CT molecular complexity index is 159. The average Bonchev–Trinajstić information content (AvgIpc) is 1.84. The average molecular weight is 174 g/mol. The van der Waals surface area contributed by atoms with Gasteiger partial charge < -0.3 is 0 Å². The zero-order chi connectivity index (χ0) is 8.31. The van der Waals surface area contributed by atoms with E-state index in [1.807, 2.05) is 0 Å². The van der Waals surface area contributed by atoms with Crippen molar-refractivity contribution in [1.29, 1.82) is 0 Å². The van der Waals surface area contributed by atoms with Gasteiger partial charge in [0.15, 0.2) is 0 Å². The minimum Gasteiger partial charge on any atom is -0.125 e. The lowest BCUT2D eigenvalue weighted by Gasteiger charge is -2.05. The van der Waals surface area contributed by atoms with Crippen molar-refractivity contribution in [2.24, 2.45) is 0 Å². The van der Waals surface area contributed by atoms with Gasteiger partial charge in [0.05, 0.1) is 0 Å².